The van der Waals surface area contributed by atoms with Crippen molar-refractivity contribution in [2.24, 2.45) is 11.8 Å². The first-order chi connectivity index (χ1) is 12.6. The van der Waals surface area contributed by atoms with Crippen LogP contribution < -0.4 is 5.32 Å². The summed E-state index contributed by atoms with van der Waals surface area (Å²) >= 11 is 0. The Morgan fingerprint density at radius 1 is 0.923 bits per heavy atom. The molecule has 3 rings (SSSR count). The molecular formula is C22H32N2O2. The third kappa shape index (κ3) is 5.09. The van der Waals surface area contributed by atoms with Crippen molar-refractivity contribution in [1.29, 1.82) is 0 Å². The van der Waals surface area contributed by atoms with E-state index in [-0.39, 0.29) is 23.7 Å². The van der Waals surface area contributed by atoms with Crippen molar-refractivity contribution in [3.05, 3.63) is 35.9 Å². The van der Waals surface area contributed by atoms with Crippen LogP contribution >= 0.6 is 0 Å². The molecule has 0 radical (unpaired) electrons. The molecule has 4 heteroatoms. The van der Waals surface area contributed by atoms with Crippen molar-refractivity contribution in [2.45, 2.75) is 70.4 Å². The van der Waals surface area contributed by atoms with E-state index in [1.54, 1.807) is 0 Å². The average molecular weight is 357 g/mol. The van der Waals surface area contributed by atoms with Crippen LogP contribution in [0.4, 0.5) is 0 Å². The van der Waals surface area contributed by atoms with Gasteiger partial charge in [0.15, 0.2) is 0 Å². The third-order valence-corrected chi connectivity index (χ3v) is 6.04. The molecule has 0 bridgehead atoms. The van der Waals surface area contributed by atoms with E-state index < -0.39 is 0 Å². The summed E-state index contributed by atoms with van der Waals surface area (Å²) in [4.78, 5) is 27.1. The Balaban J connectivity index is 1.43. The molecule has 2 aliphatic rings. The lowest BCUT2D eigenvalue weighted by Crippen LogP contribution is -2.42. The monoisotopic (exact) mass is 356 g/mol. The number of amides is 2. The molecule has 142 valence electrons. The van der Waals surface area contributed by atoms with Gasteiger partial charge in [-0.2, -0.15) is 0 Å². The first kappa shape index (κ1) is 18.9. The molecule has 0 spiro atoms. The van der Waals surface area contributed by atoms with Gasteiger partial charge in [0.05, 0.1) is 0 Å². The molecule has 1 aromatic rings. The Morgan fingerprint density at radius 2 is 1.54 bits per heavy atom. The second-order valence-electron chi connectivity index (χ2n) is 8.07. The SMILES string of the molecule is CN(Cc1ccccc1)C(=O)C1CCC(C(=O)NC2CCCCC2)CC1. The number of nitrogens with one attached hydrogen (secondary N) is 1. The fraction of sp³-hybridized carbons (Fsp3) is 0.636. The van der Waals surface area contributed by atoms with Gasteiger partial charge in [-0.25, -0.2) is 0 Å². The summed E-state index contributed by atoms with van der Waals surface area (Å²) in [6.07, 6.45) is 9.38. The highest BCUT2D eigenvalue weighted by atomic mass is 16.2. The molecule has 0 aliphatic heterocycles. The highest BCUT2D eigenvalue weighted by Gasteiger charge is 2.32. The van der Waals surface area contributed by atoms with Gasteiger partial charge in [0, 0.05) is 31.5 Å². The second-order valence-corrected chi connectivity index (χ2v) is 8.07. The maximum atomic E-state index is 12.7. The minimum Gasteiger partial charge on any atom is -0.353 e. The molecule has 0 atom stereocenters. The third-order valence-electron chi connectivity index (χ3n) is 6.04. The van der Waals surface area contributed by atoms with E-state index in [4.69, 9.17) is 0 Å². The highest BCUT2D eigenvalue weighted by molar-refractivity contribution is 5.81. The summed E-state index contributed by atoms with van der Waals surface area (Å²) in [6.45, 7) is 0.655. The lowest BCUT2D eigenvalue weighted by Gasteiger charge is -2.31. The minimum atomic E-state index is 0.0717. The molecule has 0 heterocycles. The highest BCUT2D eigenvalue weighted by Crippen LogP contribution is 2.31. The zero-order valence-corrected chi connectivity index (χ0v) is 16.0. The van der Waals surface area contributed by atoms with Crippen LogP contribution in [0.3, 0.4) is 0 Å². The largest absolute Gasteiger partial charge is 0.353 e. The summed E-state index contributed by atoms with van der Waals surface area (Å²) in [5.41, 5.74) is 1.16. The molecule has 2 amide bonds. The Kier molecular flexibility index (Phi) is 6.70. The maximum absolute atomic E-state index is 12.7. The van der Waals surface area contributed by atoms with Crippen LogP contribution in [-0.2, 0) is 16.1 Å². The lowest BCUT2D eigenvalue weighted by atomic mass is 9.80. The van der Waals surface area contributed by atoms with Crippen LogP contribution in [-0.4, -0.2) is 29.8 Å². The maximum Gasteiger partial charge on any atom is 0.225 e. The van der Waals surface area contributed by atoms with E-state index in [0.29, 0.717) is 12.6 Å². The molecule has 1 N–H and O–H groups in total. The topological polar surface area (TPSA) is 49.4 Å². The molecule has 2 aliphatic carbocycles. The van der Waals surface area contributed by atoms with E-state index in [2.05, 4.69) is 17.4 Å². The van der Waals surface area contributed by atoms with Crippen LogP contribution in [0.1, 0.15) is 63.4 Å². The van der Waals surface area contributed by atoms with Gasteiger partial charge in [-0.15, -0.1) is 0 Å². The van der Waals surface area contributed by atoms with E-state index >= 15 is 0 Å². The van der Waals surface area contributed by atoms with E-state index in [0.717, 1.165) is 44.1 Å². The standard InChI is InChI=1S/C22H32N2O2/c1-24(16-17-8-4-2-5-9-17)22(26)19-14-12-18(13-15-19)21(25)23-20-10-6-3-7-11-20/h2,4-5,8-9,18-20H,3,6-7,10-16H2,1H3,(H,23,25). The van der Waals surface area contributed by atoms with Gasteiger partial charge in [-0.3, -0.25) is 9.59 Å². The second kappa shape index (κ2) is 9.20. The number of carbonyl (C=O) groups is 2. The van der Waals surface area contributed by atoms with Gasteiger partial charge in [-0.05, 0) is 44.1 Å². The van der Waals surface area contributed by atoms with Crippen LogP contribution in [0.25, 0.3) is 0 Å². The van der Waals surface area contributed by atoms with Gasteiger partial charge in [-0.1, -0.05) is 49.6 Å². The van der Waals surface area contributed by atoms with Crippen molar-refractivity contribution < 1.29 is 9.59 Å². The zero-order valence-electron chi connectivity index (χ0n) is 16.0. The van der Waals surface area contributed by atoms with Gasteiger partial charge in [0.25, 0.3) is 0 Å². The molecular weight excluding hydrogens is 324 g/mol. The molecule has 0 unspecified atom stereocenters. The molecule has 1 aromatic carbocycles. The van der Waals surface area contributed by atoms with Crippen molar-refractivity contribution in [3.8, 4) is 0 Å². The molecule has 26 heavy (non-hydrogen) atoms. The Bertz CT molecular complexity index is 587. The number of hydrogen-bond acceptors (Lipinski definition) is 2. The molecule has 2 saturated carbocycles. The summed E-state index contributed by atoms with van der Waals surface area (Å²) in [6, 6.07) is 10.5. The van der Waals surface area contributed by atoms with Gasteiger partial charge >= 0.3 is 0 Å². The van der Waals surface area contributed by atoms with Gasteiger partial charge in [0.2, 0.25) is 11.8 Å². The van der Waals surface area contributed by atoms with Crippen molar-refractivity contribution >= 4 is 11.8 Å². The Labute approximate surface area is 157 Å². The predicted molar refractivity (Wildman–Crippen MR) is 103 cm³/mol. The first-order valence-corrected chi connectivity index (χ1v) is 10.2. The van der Waals surface area contributed by atoms with E-state index in [1.165, 1.54) is 19.3 Å². The molecule has 4 nitrogen and oxygen atoms in total. The summed E-state index contributed by atoms with van der Waals surface area (Å²) in [5, 5.41) is 3.25. The van der Waals surface area contributed by atoms with E-state index in [9.17, 15) is 9.59 Å². The lowest BCUT2D eigenvalue weighted by molar-refractivity contribution is -0.137. The first-order valence-electron chi connectivity index (χ1n) is 10.2. The number of carbonyl (C=O) groups excluding carboxylic acids is 2. The van der Waals surface area contributed by atoms with Gasteiger partial charge < -0.3 is 10.2 Å². The minimum absolute atomic E-state index is 0.0717. The van der Waals surface area contributed by atoms with Crippen LogP contribution in [0.2, 0.25) is 0 Å². The number of rotatable bonds is 5. The molecule has 0 saturated heterocycles. The average Bonchev–Trinajstić information content (AvgIpc) is 2.69. The smallest absolute Gasteiger partial charge is 0.225 e. The fourth-order valence-electron chi connectivity index (χ4n) is 4.42. The summed E-state index contributed by atoms with van der Waals surface area (Å²) < 4.78 is 0. The van der Waals surface area contributed by atoms with Crippen LogP contribution in [0.15, 0.2) is 30.3 Å². The zero-order chi connectivity index (χ0) is 18.4. The van der Waals surface area contributed by atoms with Gasteiger partial charge in [0.1, 0.15) is 0 Å². The summed E-state index contributed by atoms with van der Waals surface area (Å²) in [7, 11) is 1.89. The van der Waals surface area contributed by atoms with E-state index in [1.807, 2.05) is 30.1 Å². The number of hydrogen-bond donors (Lipinski definition) is 1. The van der Waals surface area contributed by atoms with Crippen molar-refractivity contribution in [2.75, 3.05) is 7.05 Å². The molecule has 2 fully saturated rings. The fourth-order valence-corrected chi connectivity index (χ4v) is 4.42. The van der Waals surface area contributed by atoms with Crippen LogP contribution in [0.5, 0.6) is 0 Å². The summed E-state index contributed by atoms with van der Waals surface area (Å²) in [5.74, 6) is 0.614. The number of benzene rings is 1. The quantitative estimate of drug-likeness (QED) is 0.870. The molecule has 0 aromatic heterocycles. The van der Waals surface area contributed by atoms with Crippen LogP contribution in [0, 0.1) is 11.8 Å². The Hall–Kier alpha value is -1.84. The normalized spacial score (nSPS) is 24.0. The predicted octanol–water partition coefficient (Wildman–Crippen LogP) is 3.90. The Morgan fingerprint density at radius 3 is 2.19 bits per heavy atom. The van der Waals surface area contributed by atoms with Crippen molar-refractivity contribution in [1.82, 2.24) is 10.2 Å². The number of nitrogens with zero attached hydrogens (tertiary/aromatic N) is 1. The van der Waals surface area contributed by atoms with Crippen molar-refractivity contribution in [3.63, 3.8) is 0 Å².